The van der Waals surface area contributed by atoms with Gasteiger partial charge in [-0.3, -0.25) is 14.5 Å². The molecular formula is C10H20N2O3. The van der Waals surface area contributed by atoms with E-state index in [-0.39, 0.29) is 25.0 Å². The van der Waals surface area contributed by atoms with Crippen LogP contribution in [0.3, 0.4) is 0 Å². The maximum absolute atomic E-state index is 11.6. The van der Waals surface area contributed by atoms with Gasteiger partial charge in [0, 0.05) is 19.6 Å². The van der Waals surface area contributed by atoms with E-state index >= 15 is 0 Å². The number of hydrogen-bond donors (Lipinski definition) is 1. The van der Waals surface area contributed by atoms with E-state index < -0.39 is 5.97 Å². The van der Waals surface area contributed by atoms with Crippen LogP contribution >= 0.6 is 0 Å². The molecular weight excluding hydrogens is 196 g/mol. The summed E-state index contributed by atoms with van der Waals surface area (Å²) >= 11 is 0. The Kier molecular flexibility index (Phi) is 5.93. The minimum Gasteiger partial charge on any atom is -0.480 e. The van der Waals surface area contributed by atoms with Crippen LogP contribution in [0.15, 0.2) is 0 Å². The van der Waals surface area contributed by atoms with E-state index in [2.05, 4.69) is 0 Å². The molecule has 0 atom stereocenters. The molecule has 0 aromatic heterocycles. The molecule has 0 spiro atoms. The molecule has 0 aliphatic carbocycles. The van der Waals surface area contributed by atoms with Crippen LogP contribution in [0.25, 0.3) is 0 Å². The van der Waals surface area contributed by atoms with E-state index in [0.717, 1.165) is 0 Å². The molecule has 0 aromatic rings. The molecule has 0 bridgehead atoms. The molecule has 0 heterocycles. The molecule has 0 saturated heterocycles. The first kappa shape index (κ1) is 13.9. The van der Waals surface area contributed by atoms with Crippen molar-refractivity contribution in [2.45, 2.75) is 26.8 Å². The third-order valence-corrected chi connectivity index (χ3v) is 2.31. The standard InChI is InChI=1S/C10H20N2O3/c1-5-11(4)9(13)6-12(8(2)3)7-10(14)15/h8H,5-7H2,1-4H3,(H,14,15). The molecule has 1 N–H and O–H groups in total. The summed E-state index contributed by atoms with van der Waals surface area (Å²) in [4.78, 5) is 25.3. The van der Waals surface area contributed by atoms with E-state index in [0.29, 0.717) is 6.54 Å². The SMILES string of the molecule is CCN(C)C(=O)CN(CC(=O)O)C(C)C. The smallest absolute Gasteiger partial charge is 0.317 e. The Bertz CT molecular complexity index is 229. The average molecular weight is 216 g/mol. The van der Waals surface area contributed by atoms with Crippen LogP contribution in [0.1, 0.15) is 20.8 Å². The van der Waals surface area contributed by atoms with Gasteiger partial charge in [0.05, 0.1) is 13.1 Å². The number of amides is 1. The van der Waals surface area contributed by atoms with E-state index in [9.17, 15) is 9.59 Å². The van der Waals surface area contributed by atoms with E-state index in [1.165, 1.54) is 0 Å². The lowest BCUT2D eigenvalue weighted by molar-refractivity contribution is -0.140. The second-order valence-corrected chi connectivity index (χ2v) is 3.80. The van der Waals surface area contributed by atoms with Gasteiger partial charge in [0.25, 0.3) is 0 Å². The lowest BCUT2D eigenvalue weighted by atomic mass is 10.3. The van der Waals surface area contributed by atoms with Crippen molar-refractivity contribution in [1.82, 2.24) is 9.80 Å². The van der Waals surface area contributed by atoms with Crippen LogP contribution in [0, 0.1) is 0 Å². The van der Waals surface area contributed by atoms with Crippen LogP contribution in [0.2, 0.25) is 0 Å². The van der Waals surface area contributed by atoms with Crippen LogP contribution < -0.4 is 0 Å². The van der Waals surface area contributed by atoms with Crippen molar-refractivity contribution in [3.05, 3.63) is 0 Å². The number of rotatable bonds is 6. The fourth-order valence-corrected chi connectivity index (χ4v) is 1.07. The Labute approximate surface area is 90.7 Å². The highest BCUT2D eigenvalue weighted by molar-refractivity contribution is 5.79. The summed E-state index contributed by atoms with van der Waals surface area (Å²) in [5, 5.41) is 8.67. The first-order valence-electron chi connectivity index (χ1n) is 5.08. The third kappa shape index (κ3) is 5.37. The van der Waals surface area contributed by atoms with Crippen molar-refractivity contribution in [3.8, 4) is 0 Å². The molecule has 1 amide bonds. The van der Waals surface area contributed by atoms with Gasteiger partial charge in [0.15, 0.2) is 0 Å². The lowest BCUT2D eigenvalue weighted by Crippen LogP contribution is -2.43. The molecule has 0 aromatic carbocycles. The lowest BCUT2D eigenvalue weighted by Gasteiger charge is -2.26. The molecule has 0 unspecified atom stereocenters. The fourth-order valence-electron chi connectivity index (χ4n) is 1.07. The van der Waals surface area contributed by atoms with Crippen molar-refractivity contribution in [3.63, 3.8) is 0 Å². The summed E-state index contributed by atoms with van der Waals surface area (Å²) in [5.74, 6) is -0.955. The molecule has 0 radical (unpaired) electrons. The number of aliphatic carboxylic acids is 1. The summed E-state index contributed by atoms with van der Waals surface area (Å²) in [6, 6.07) is 0.0512. The molecule has 0 rings (SSSR count). The van der Waals surface area contributed by atoms with Crippen LogP contribution in [-0.2, 0) is 9.59 Å². The number of carbonyl (C=O) groups is 2. The van der Waals surface area contributed by atoms with Gasteiger partial charge >= 0.3 is 5.97 Å². The van der Waals surface area contributed by atoms with Crippen LogP contribution in [0.5, 0.6) is 0 Å². The first-order valence-corrected chi connectivity index (χ1v) is 5.08. The van der Waals surface area contributed by atoms with E-state index in [4.69, 9.17) is 5.11 Å². The maximum Gasteiger partial charge on any atom is 0.317 e. The highest BCUT2D eigenvalue weighted by atomic mass is 16.4. The minimum absolute atomic E-state index is 0.0487. The number of carbonyl (C=O) groups excluding carboxylic acids is 1. The van der Waals surface area contributed by atoms with Gasteiger partial charge in [0.2, 0.25) is 5.91 Å². The zero-order valence-corrected chi connectivity index (χ0v) is 9.86. The van der Waals surface area contributed by atoms with Crippen molar-refractivity contribution in [1.29, 1.82) is 0 Å². The Balaban J connectivity index is 4.28. The Morgan fingerprint density at radius 2 is 1.80 bits per heavy atom. The Morgan fingerprint density at radius 1 is 1.27 bits per heavy atom. The minimum atomic E-state index is -0.907. The van der Waals surface area contributed by atoms with Crippen LogP contribution in [-0.4, -0.2) is 59.5 Å². The van der Waals surface area contributed by atoms with Gasteiger partial charge in [-0.25, -0.2) is 0 Å². The predicted octanol–water partition coefficient (Wildman–Crippen LogP) is 0.260. The predicted molar refractivity (Wildman–Crippen MR) is 57.7 cm³/mol. The van der Waals surface area contributed by atoms with E-state index in [1.807, 2.05) is 20.8 Å². The summed E-state index contributed by atoms with van der Waals surface area (Å²) < 4.78 is 0. The topological polar surface area (TPSA) is 60.9 Å². The molecule has 0 fully saturated rings. The molecule has 5 nitrogen and oxygen atoms in total. The number of hydrogen-bond acceptors (Lipinski definition) is 3. The van der Waals surface area contributed by atoms with Crippen molar-refractivity contribution in [2.75, 3.05) is 26.7 Å². The monoisotopic (exact) mass is 216 g/mol. The normalized spacial score (nSPS) is 10.8. The van der Waals surface area contributed by atoms with E-state index in [1.54, 1.807) is 16.8 Å². The Morgan fingerprint density at radius 3 is 2.13 bits per heavy atom. The zero-order chi connectivity index (χ0) is 12.0. The van der Waals surface area contributed by atoms with Crippen molar-refractivity contribution >= 4 is 11.9 Å². The van der Waals surface area contributed by atoms with Gasteiger partial charge in [-0.05, 0) is 20.8 Å². The average Bonchev–Trinajstić information content (AvgIpc) is 2.14. The second kappa shape index (κ2) is 6.40. The maximum atomic E-state index is 11.6. The number of nitrogens with zero attached hydrogens (tertiary/aromatic N) is 2. The van der Waals surface area contributed by atoms with Gasteiger partial charge in [-0.1, -0.05) is 0 Å². The number of carboxylic acids is 1. The van der Waals surface area contributed by atoms with Gasteiger partial charge < -0.3 is 10.0 Å². The summed E-state index contributed by atoms with van der Waals surface area (Å²) in [6.45, 7) is 6.34. The van der Waals surface area contributed by atoms with Crippen molar-refractivity contribution < 1.29 is 14.7 Å². The number of carboxylic acid groups (broad SMARTS) is 1. The fraction of sp³-hybridized carbons (Fsp3) is 0.800. The van der Waals surface area contributed by atoms with Gasteiger partial charge in [-0.2, -0.15) is 0 Å². The third-order valence-electron chi connectivity index (χ3n) is 2.31. The Hall–Kier alpha value is -1.10. The largest absolute Gasteiger partial charge is 0.480 e. The molecule has 0 aliphatic heterocycles. The number of likely N-dealkylation sites (N-methyl/N-ethyl adjacent to an activating group) is 1. The highest BCUT2D eigenvalue weighted by Crippen LogP contribution is 1.99. The highest BCUT2D eigenvalue weighted by Gasteiger charge is 2.18. The summed E-state index contributed by atoms with van der Waals surface area (Å²) in [7, 11) is 1.71. The molecule has 5 heteroatoms. The molecule has 15 heavy (non-hydrogen) atoms. The quantitative estimate of drug-likeness (QED) is 0.692. The van der Waals surface area contributed by atoms with Crippen molar-refractivity contribution in [2.24, 2.45) is 0 Å². The summed E-state index contributed by atoms with van der Waals surface area (Å²) in [5.41, 5.74) is 0. The molecule has 0 aliphatic rings. The second-order valence-electron chi connectivity index (χ2n) is 3.80. The summed E-state index contributed by atoms with van der Waals surface area (Å²) in [6.07, 6.45) is 0. The first-order chi connectivity index (χ1) is 6.88. The van der Waals surface area contributed by atoms with Gasteiger partial charge in [0.1, 0.15) is 0 Å². The zero-order valence-electron chi connectivity index (χ0n) is 9.86. The molecule has 88 valence electrons. The van der Waals surface area contributed by atoms with Gasteiger partial charge in [-0.15, -0.1) is 0 Å². The molecule has 0 saturated carbocycles. The van der Waals surface area contributed by atoms with Crippen LogP contribution in [0.4, 0.5) is 0 Å².